The van der Waals surface area contributed by atoms with Crippen LogP contribution in [0.1, 0.15) is 18.9 Å². The van der Waals surface area contributed by atoms with Crippen LogP contribution in [0.3, 0.4) is 0 Å². The van der Waals surface area contributed by atoms with Gasteiger partial charge in [0, 0.05) is 6.54 Å². The molecule has 110 valence electrons. The molecule has 1 saturated heterocycles. The molecule has 0 spiro atoms. The van der Waals surface area contributed by atoms with E-state index in [0.717, 1.165) is 12.1 Å². The number of carboxylic acid groups (broad SMARTS) is 1. The lowest BCUT2D eigenvalue weighted by atomic mass is 10.0. The van der Waals surface area contributed by atoms with Gasteiger partial charge in [-0.1, -0.05) is 6.92 Å². The molecule has 0 bridgehead atoms. The molecular weight excluding hydrogens is 277 g/mol. The van der Waals surface area contributed by atoms with Gasteiger partial charge in [-0.2, -0.15) is 5.26 Å². The molecule has 21 heavy (non-hydrogen) atoms. The smallest absolute Gasteiger partial charge is 0.326 e. The molecule has 0 radical (unpaired) electrons. The van der Waals surface area contributed by atoms with E-state index in [0.29, 0.717) is 13.0 Å². The number of carbonyl (C=O) groups is 2. The van der Waals surface area contributed by atoms with Crippen LogP contribution in [-0.4, -0.2) is 34.6 Å². The van der Waals surface area contributed by atoms with E-state index in [-0.39, 0.29) is 17.2 Å². The fraction of sp³-hybridized carbons (Fsp3) is 0.357. The van der Waals surface area contributed by atoms with Gasteiger partial charge in [0.15, 0.2) is 0 Å². The second-order valence-corrected chi connectivity index (χ2v) is 4.97. The number of likely N-dealkylation sites (tertiary alicyclic amines) is 1. The largest absolute Gasteiger partial charge is 0.480 e. The number of hydrogen-bond donors (Lipinski definition) is 2. The number of halogens is 1. The van der Waals surface area contributed by atoms with Crippen molar-refractivity contribution in [1.29, 1.82) is 5.26 Å². The predicted molar refractivity (Wildman–Crippen MR) is 72.0 cm³/mol. The first-order chi connectivity index (χ1) is 9.93. The Bertz CT molecular complexity index is 626. The fourth-order valence-corrected chi connectivity index (χ4v) is 2.46. The van der Waals surface area contributed by atoms with Crippen LogP contribution < -0.4 is 5.32 Å². The number of nitrogens with zero attached hydrogens (tertiary/aromatic N) is 2. The summed E-state index contributed by atoms with van der Waals surface area (Å²) in [4.78, 5) is 24.6. The van der Waals surface area contributed by atoms with Gasteiger partial charge in [-0.3, -0.25) is 0 Å². The van der Waals surface area contributed by atoms with Crippen LogP contribution in [0.15, 0.2) is 18.2 Å². The summed E-state index contributed by atoms with van der Waals surface area (Å²) >= 11 is 0. The molecule has 2 N–H and O–H groups in total. The average Bonchev–Trinajstić information content (AvgIpc) is 2.82. The van der Waals surface area contributed by atoms with E-state index in [1.54, 1.807) is 13.0 Å². The summed E-state index contributed by atoms with van der Waals surface area (Å²) in [6, 6.07) is 3.70. The average molecular weight is 291 g/mol. The van der Waals surface area contributed by atoms with E-state index in [9.17, 15) is 19.1 Å². The van der Waals surface area contributed by atoms with E-state index >= 15 is 0 Å². The van der Waals surface area contributed by atoms with Crippen molar-refractivity contribution in [3.63, 3.8) is 0 Å². The number of nitrogens with one attached hydrogen (secondary N) is 1. The van der Waals surface area contributed by atoms with Gasteiger partial charge in [0.25, 0.3) is 0 Å². The predicted octanol–water partition coefficient (Wildman–Crippen LogP) is 2.02. The first kappa shape index (κ1) is 14.8. The normalized spacial score (nSPS) is 20.9. The summed E-state index contributed by atoms with van der Waals surface area (Å²) in [6.07, 6.45) is 0.596. The fourth-order valence-electron chi connectivity index (χ4n) is 2.46. The Kier molecular flexibility index (Phi) is 4.08. The first-order valence-electron chi connectivity index (χ1n) is 6.44. The monoisotopic (exact) mass is 291 g/mol. The molecule has 7 heteroatoms. The Morgan fingerprint density at radius 3 is 2.86 bits per heavy atom. The molecule has 6 nitrogen and oxygen atoms in total. The lowest BCUT2D eigenvalue weighted by Gasteiger charge is -2.23. The minimum atomic E-state index is -1.06. The van der Waals surface area contributed by atoms with Crippen LogP contribution in [0.2, 0.25) is 0 Å². The van der Waals surface area contributed by atoms with Crippen LogP contribution in [0.25, 0.3) is 0 Å². The van der Waals surface area contributed by atoms with Gasteiger partial charge in [0.05, 0.1) is 11.3 Å². The third-order valence-electron chi connectivity index (χ3n) is 3.56. The van der Waals surface area contributed by atoms with Gasteiger partial charge >= 0.3 is 12.0 Å². The number of aliphatic carboxylic acids is 1. The van der Waals surface area contributed by atoms with Crippen molar-refractivity contribution in [3.05, 3.63) is 29.6 Å². The van der Waals surface area contributed by atoms with E-state index in [1.165, 1.54) is 11.0 Å². The molecule has 1 aliphatic rings. The maximum Gasteiger partial charge on any atom is 0.326 e. The zero-order valence-electron chi connectivity index (χ0n) is 11.3. The first-order valence-corrected chi connectivity index (χ1v) is 6.44. The second-order valence-electron chi connectivity index (χ2n) is 4.97. The highest BCUT2D eigenvalue weighted by atomic mass is 19.1. The maximum absolute atomic E-state index is 13.0. The molecular formula is C14H14FN3O3. The number of amides is 2. The van der Waals surface area contributed by atoms with E-state index in [1.807, 2.05) is 0 Å². The minimum Gasteiger partial charge on any atom is -0.480 e. The van der Waals surface area contributed by atoms with Crippen LogP contribution in [0.4, 0.5) is 14.9 Å². The van der Waals surface area contributed by atoms with Gasteiger partial charge in [0.1, 0.15) is 17.9 Å². The van der Waals surface area contributed by atoms with E-state index in [4.69, 9.17) is 5.26 Å². The Labute approximate surface area is 120 Å². The van der Waals surface area contributed by atoms with E-state index in [2.05, 4.69) is 5.32 Å². The van der Waals surface area contributed by atoms with Gasteiger partial charge in [-0.25, -0.2) is 14.0 Å². The van der Waals surface area contributed by atoms with Crippen molar-refractivity contribution in [1.82, 2.24) is 4.90 Å². The van der Waals surface area contributed by atoms with E-state index < -0.39 is 23.9 Å². The van der Waals surface area contributed by atoms with Crippen LogP contribution in [0, 0.1) is 23.1 Å². The SMILES string of the molecule is CC1CCN(C(=O)Nc2ccc(F)cc2C#N)C1C(=O)O. The molecule has 0 saturated carbocycles. The van der Waals surface area contributed by atoms with Gasteiger partial charge in [-0.05, 0) is 30.5 Å². The number of hydrogen-bond acceptors (Lipinski definition) is 3. The highest BCUT2D eigenvalue weighted by Gasteiger charge is 2.39. The number of rotatable bonds is 2. The summed E-state index contributed by atoms with van der Waals surface area (Å²) in [6.45, 7) is 2.09. The highest BCUT2D eigenvalue weighted by Crippen LogP contribution is 2.25. The minimum absolute atomic E-state index is 0.0116. The zero-order valence-corrected chi connectivity index (χ0v) is 11.3. The molecule has 1 heterocycles. The summed E-state index contributed by atoms with van der Waals surface area (Å²) < 4.78 is 13.0. The summed E-state index contributed by atoms with van der Waals surface area (Å²) in [5, 5.41) is 20.6. The number of nitriles is 1. The maximum atomic E-state index is 13.0. The highest BCUT2D eigenvalue weighted by molar-refractivity contribution is 5.93. The lowest BCUT2D eigenvalue weighted by molar-refractivity contribution is -0.142. The molecule has 2 unspecified atom stereocenters. The van der Waals surface area contributed by atoms with Crippen molar-refractivity contribution in [2.45, 2.75) is 19.4 Å². The van der Waals surface area contributed by atoms with Crippen molar-refractivity contribution >= 4 is 17.7 Å². The third kappa shape index (κ3) is 2.94. The van der Waals surface area contributed by atoms with Crippen molar-refractivity contribution in [2.75, 3.05) is 11.9 Å². The Balaban J connectivity index is 2.19. The lowest BCUT2D eigenvalue weighted by Crippen LogP contribution is -2.44. The van der Waals surface area contributed by atoms with Crippen molar-refractivity contribution in [3.8, 4) is 6.07 Å². The Hall–Kier alpha value is -2.62. The summed E-state index contributed by atoms with van der Waals surface area (Å²) in [5.41, 5.74) is 0.148. The quantitative estimate of drug-likeness (QED) is 0.871. The Morgan fingerprint density at radius 2 is 2.24 bits per heavy atom. The summed E-state index contributed by atoms with van der Waals surface area (Å²) in [5.74, 6) is -1.78. The number of anilines is 1. The molecule has 2 rings (SSSR count). The molecule has 1 aromatic carbocycles. The standard InChI is InChI=1S/C14H14FN3O3/c1-8-4-5-18(12(8)13(19)20)14(21)17-11-3-2-10(15)6-9(11)7-16/h2-3,6,8,12H,4-5H2,1H3,(H,17,21)(H,19,20). The Morgan fingerprint density at radius 1 is 1.52 bits per heavy atom. The molecule has 1 fully saturated rings. The van der Waals surface area contributed by atoms with Crippen molar-refractivity contribution in [2.24, 2.45) is 5.92 Å². The van der Waals surface area contributed by atoms with Gasteiger partial charge in [-0.15, -0.1) is 0 Å². The van der Waals surface area contributed by atoms with Crippen LogP contribution in [0.5, 0.6) is 0 Å². The molecule has 1 aliphatic heterocycles. The van der Waals surface area contributed by atoms with Gasteiger partial charge < -0.3 is 15.3 Å². The summed E-state index contributed by atoms with van der Waals surface area (Å²) in [7, 11) is 0. The number of benzene rings is 1. The third-order valence-corrected chi connectivity index (χ3v) is 3.56. The molecule has 0 aliphatic carbocycles. The second kappa shape index (κ2) is 5.79. The molecule has 0 aromatic heterocycles. The van der Waals surface area contributed by atoms with Gasteiger partial charge in [0.2, 0.25) is 0 Å². The topological polar surface area (TPSA) is 93.4 Å². The zero-order chi connectivity index (χ0) is 15.6. The molecule has 1 aromatic rings. The van der Waals surface area contributed by atoms with Crippen LogP contribution in [-0.2, 0) is 4.79 Å². The molecule has 2 amide bonds. The van der Waals surface area contributed by atoms with Crippen molar-refractivity contribution < 1.29 is 19.1 Å². The number of carboxylic acids is 1. The number of urea groups is 1. The number of carbonyl (C=O) groups excluding carboxylic acids is 1. The van der Waals surface area contributed by atoms with Crippen LogP contribution >= 0.6 is 0 Å². The molecule has 2 atom stereocenters.